The summed E-state index contributed by atoms with van der Waals surface area (Å²) in [5.41, 5.74) is -3.40. The topological polar surface area (TPSA) is 37.3 Å². The van der Waals surface area contributed by atoms with Crippen LogP contribution in [-0.2, 0) is 11.2 Å². The number of aliphatic hydroxyl groups is 1. The maximum atomic E-state index is 14.0. The smallest absolute Gasteiger partial charge is 0.384 e. The number of allylic oxidation sites excluding steroid dienone is 1. The van der Waals surface area contributed by atoms with Crippen LogP contribution in [0.3, 0.4) is 0 Å². The van der Waals surface area contributed by atoms with Gasteiger partial charge in [0, 0.05) is 29.2 Å². The molecule has 2 aliphatic rings. The Balaban J connectivity index is 2.20. The number of ketones is 1. The molecule has 166 valence electrons. The average molecular weight is 458 g/mol. The summed E-state index contributed by atoms with van der Waals surface area (Å²) in [6.45, 7) is 0. The van der Waals surface area contributed by atoms with Crippen molar-refractivity contribution >= 4 is 11.5 Å². The van der Waals surface area contributed by atoms with E-state index in [0.717, 1.165) is 0 Å². The molecule has 14 heteroatoms. The molecule has 3 rings (SSSR count). The van der Waals surface area contributed by atoms with Crippen LogP contribution in [-0.4, -0.2) is 40.5 Å². The van der Waals surface area contributed by atoms with Crippen LogP contribution >= 0.6 is 0 Å². The van der Waals surface area contributed by atoms with Gasteiger partial charge in [-0.1, -0.05) is 0 Å². The second kappa shape index (κ2) is 5.84. The zero-order chi connectivity index (χ0) is 23.2. The summed E-state index contributed by atoms with van der Waals surface area (Å²) in [5.74, 6) is -47.4. The zero-order valence-electron chi connectivity index (χ0n) is 13.8. The lowest BCUT2D eigenvalue weighted by molar-refractivity contribution is -0.456. The van der Waals surface area contributed by atoms with E-state index in [0.29, 0.717) is 6.07 Å². The Hall–Kier alpha value is -2.41. The maximum absolute atomic E-state index is 14.0. The largest absolute Gasteiger partial charge is 0.507 e. The lowest BCUT2D eigenvalue weighted by atomic mass is 9.71. The number of fused-ring (bicyclic) bond motifs is 1. The molecule has 0 amide bonds. The fraction of sp³-hybridized carbons (Fsp3) is 0.438. The highest BCUT2D eigenvalue weighted by Gasteiger charge is 2.96. The quantitative estimate of drug-likeness (QED) is 0.622. The summed E-state index contributed by atoms with van der Waals surface area (Å²) in [6.07, 6.45) is -1.34. The molecule has 2 nitrogen and oxygen atoms in total. The van der Waals surface area contributed by atoms with Crippen molar-refractivity contribution in [2.75, 3.05) is 0 Å². The first-order valence-electron chi connectivity index (χ1n) is 7.67. The number of carbonyl (C=O) groups excluding carboxylic acids is 1. The Bertz CT molecular complexity index is 949. The number of hydrogen-bond acceptors (Lipinski definition) is 2. The first-order chi connectivity index (χ1) is 13.3. The van der Waals surface area contributed by atoms with E-state index in [1.807, 2.05) is 0 Å². The van der Waals surface area contributed by atoms with E-state index >= 15 is 0 Å². The van der Waals surface area contributed by atoms with Gasteiger partial charge in [0.1, 0.15) is 17.4 Å². The molecule has 0 radical (unpaired) electrons. The second-order valence-electron chi connectivity index (χ2n) is 6.68. The maximum Gasteiger partial charge on any atom is 0.384 e. The molecule has 0 aromatic heterocycles. The van der Waals surface area contributed by atoms with Crippen LogP contribution in [0, 0.1) is 17.6 Å². The van der Waals surface area contributed by atoms with Crippen LogP contribution < -0.4 is 0 Å². The monoisotopic (exact) mass is 458 g/mol. The van der Waals surface area contributed by atoms with Gasteiger partial charge >= 0.3 is 29.6 Å². The molecule has 2 aliphatic carbocycles. The van der Waals surface area contributed by atoms with E-state index in [4.69, 9.17) is 0 Å². The Morgan fingerprint density at radius 2 is 1.30 bits per heavy atom. The lowest BCUT2D eigenvalue weighted by Crippen LogP contribution is -2.78. The van der Waals surface area contributed by atoms with E-state index in [9.17, 15) is 62.6 Å². The minimum Gasteiger partial charge on any atom is -0.507 e. The number of benzene rings is 1. The molecule has 1 aromatic rings. The summed E-state index contributed by atoms with van der Waals surface area (Å²) in [6, 6.07) is 0.495. The Morgan fingerprint density at radius 3 is 1.77 bits per heavy atom. The van der Waals surface area contributed by atoms with Crippen molar-refractivity contribution in [2.24, 2.45) is 5.92 Å². The number of aliphatic hydroxyl groups excluding tert-OH is 1. The van der Waals surface area contributed by atoms with Gasteiger partial charge in [0.2, 0.25) is 0 Å². The highest BCUT2D eigenvalue weighted by atomic mass is 19.4. The summed E-state index contributed by atoms with van der Waals surface area (Å²) in [4.78, 5) is 12.2. The molecule has 0 atom stereocenters. The molecule has 30 heavy (non-hydrogen) atoms. The number of carbonyl (C=O) groups is 1. The summed E-state index contributed by atoms with van der Waals surface area (Å²) < 4.78 is 163. The van der Waals surface area contributed by atoms with Gasteiger partial charge < -0.3 is 5.11 Å². The van der Waals surface area contributed by atoms with Crippen molar-refractivity contribution < 1.29 is 62.6 Å². The van der Waals surface area contributed by atoms with Gasteiger partial charge in [0.05, 0.1) is 0 Å². The highest BCUT2D eigenvalue weighted by molar-refractivity contribution is 6.06. The third kappa shape index (κ3) is 2.32. The predicted molar refractivity (Wildman–Crippen MR) is 72.8 cm³/mol. The van der Waals surface area contributed by atoms with Gasteiger partial charge in [-0.3, -0.25) is 4.79 Å². The van der Waals surface area contributed by atoms with Gasteiger partial charge in [-0.2, -0.15) is 43.9 Å². The Morgan fingerprint density at radius 1 is 0.833 bits per heavy atom. The van der Waals surface area contributed by atoms with E-state index in [-0.39, 0.29) is 6.07 Å². The molecule has 0 spiro atoms. The fourth-order valence-corrected chi connectivity index (χ4v) is 3.33. The molecule has 0 bridgehead atoms. The summed E-state index contributed by atoms with van der Waals surface area (Å²) >= 11 is 0. The molecular weight excluding hydrogens is 452 g/mol. The predicted octanol–water partition coefficient (Wildman–Crippen LogP) is 5.17. The van der Waals surface area contributed by atoms with Crippen LogP contribution in [0.25, 0.3) is 5.76 Å². The number of halogens is 12. The van der Waals surface area contributed by atoms with Crippen LogP contribution in [0.2, 0.25) is 0 Å². The van der Waals surface area contributed by atoms with E-state index in [1.54, 1.807) is 0 Å². The standard InChI is InChI=1S/C16H6F12O2/c17-4-1-6-5(8(18)2-4)3-7(9(6)29)10(30)11-12(19,20)14(23,24)16(27,28)15(25,26)13(11,21)22/h1-2,11,29H,3H2. The van der Waals surface area contributed by atoms with Gasteiger partial charge in [-0.25, -0.2) is 8.78 Å². The van der Waals surface area contributed by atoms with Crippen molar-refractivity contribution in [3.63, 3.8) is 0 Å². The highest BCUT2D eigenvalue weighted by Crippen LogP contribution is 2.67. The van der Waals surface area contributed by atoms with Crippen LogP contribution in [0.1, 0.15) is 11.1 Å². The fourth-order valence-electron chi connectivity index (χ4n) is 3.33. The number of hydrogen-bond donors (Lipinski definition) is 1. The van der Waals surface area contributed by atoms with Crippen molar-refractivity contribution in [3.05, 3.63) is 40.5 Å². The number of rotatable bonds is 2. The van der Waals surface area contributed by atoms with Gasteiger partial charge in [-0.15, -0.1) is 0 Å². The van der Waals surface area contributed by atoms with E-state index in [1.165, 1.54) is 0 Å². The molecule has 1 saturated carbocycles. The van der Waals surface area contributed by atoms with Crippen molar-refractivity contribution in [1.82, 2.24) is 0 Å². The van der Waals surface area contributed by atoms with Crippen LogP contribution in [0.15, 0.2) is 17.7 Å². The second-order valence-corrected chi connectivity index (χ2v) is 6.68. The minimum atomic E-state index is -7.26. The van der Waals surface area contributed by atoms with Crippen molar-refractivity contribution in [3.8, 4) is 0 Å². The van der Waals surface area contributed by atoms with Crippen molar-refractivity contribution in [1.29, 1.82) is 0 Å². The third-order valence-electron chi connectivity index (χ3n) is 4.97. The van der Waals surface area contributed by atoms with Gasteiger partial charge in [0.15, 0.2) is 11.7 Å². The molecule has 1 aromatic carbocycles. The molecule has 0 saturated heterocycles. The summed E-state index contributed by atoms with van der Waals surface area (Å²) in [5, 5.41) is 9.81. The zero-order valence-corrected chi connectivity index (χ0v) is 13.8. The van der Waals surface area contributed by atoms with Gasteiger partial charge in [-0.05, 0) is 6.07 Å². The molecule has 1 N–H and O–H groups in total. The summed E-state index contributed by atoms with van der Waals surface area (Å²) in [7, 11) is 0. The molecule has 0 aliphatic heterocycles. The first kappa shape index (κ1) is 22.3. The van der Waals surface area contributed by atoms with Crippen molar-refractivity contribution in [2.45, 2.75) is 36.0 Å². The molecule has 1 fully saturated rings. The number of Topliss-reactive ketones (excluding diaryl/α,β-unsaturated/α-hetero) is 1. The lowest BCUT2D eigenvalue weighted by Gasteiger charge is -2.49. The first-order valence-corrected chi connectivity index (χ1v) is 7.67. The molecular formula is C16H6F12O2. The van der Waals surface area contributed by atoms with Gasteiger partial charge in [0.25, 0.3) is 0 Å². The van der Waals surface area contributed by atoms with Crippen LogP contribution in [0.5, 0.6) is 0 Å². The normalized spacial score (nSPS) is 25.9. The SMILES string of the molecule is O=C(C1=C(O)c2cc(F)cc(F)c2C1)C1C(F)(F)C(F)(F)C(F)(F)C(F)(F)C1(F)F. The Labute approximate surface area is 157 Å². The Kier molecular flexibility index (Phi) is 4.34. The van der Waals surface area contributed by atoms with Crippen LogP contribution in [0.4, 0.5) is 52.7 Å². The minimum absolute atomic E-state index is 0.173. The third-order valence-corrected chi connectivity index (χ3v) is 4.97. The number of alkyl halides is 10. The molecule has 0 unspecified atom stereocenters. The van der Waals surface area contributed by atoms with E-state index in [2.05, 4.69) is 0 Å². The van der Waals surface area contributed by atoms with E-state index < -0.39 is 81.8 Å². The molecule has 0 heterocycles. The average Bonchev–Trinajstić information content (AvgIpc) is 2.90.